The molecular formula is C31H28N2O3. The summed E-state index contributed by atoms with van der Waals surface area (Å²) in [5, 5.41) is 6.22. The number of carbonyl (C=O) groups is 1. The second kappa shape index (κ2) is 9.70. The van der Waals surface area contributed by atoms with Crippen LogP contribution in [0.25, 0.3) is 38.4 Å². The zero-order chi connectivity index (χ0) is 25.2. The Kier molecular flexibility index (Phi) is 6.30. The second-order valence-electron chi connectivity index (χ2n) is 8.88. The molecule has 2 heterocycles. The van der Waals surface area contributed by atoms with E-state index in [1.54, 1.807) is 18.5 Å². The molecule has 0 saturated carbocycles. The first kappa shape index (κ1) is 23.4. The summed E-state index contributed by atoms with van der Waals surface area (Å²) in [6, 6.07) is 20.5. The fraction of sp³-hybridized carbons (Fsp3) is 0.161. The molecular weight excluding hydrogens is 448 g/mol. The number of allylic oxidation sites excluding steroid dienone is 1. The van der Waals surface area contributed by atoms with Crippen molar-refractivity contribution < 1.29 is 13.9 Å². The van der Waals surface area contributed by atoms with Gasteiger partial charge in [0.1, 0.15) is 17.2 Å². The molecule has 2 aromatic heterocycles. The van der Waals surface area contributed by atoms with E-state index in [1.165, 1.54) is 10.8 Å². The number of hydrogen-bond acceptors (Lipinski definition) is 4. The van der Waals surface area contributed by atoms with Gasteiger partial charge in [-0.05, 0) is 73.4 Å². The van der Waals surface area contributed by atoms with Crippen LogP contribution < -0.4 is 10.1 Å². The maximum atomic E-state index is 12.8. The highest BCUT2D eigenvalue weighted by atomic mass is 16.5. The number of carbonyl (C=O) groups excluding carboxylic acids is 1. The molecule has 0 aliphatic carbocycles. The molecule has 1 N–H and O–H groups in total. The topological polar surface area (TPSA) is 64.4 Å². The Morgan fingerprint density at radius 1 is 1.06 bits per heavy atom. The van der Waals surface area contributed by atoms with Crippen molar-refractivity contribution >= 4 is 39.0 Å². The average molecular weight is 477 g/mol. The number of pyridine rings is 1. The Hall–Kier alpha value is -4.38. The summed E-state index contributed by atoms with van der Waals surface area (Å²) >= 11 is 0. The number of nitrogens with one attached hydrogen (secondary N) is 1. The van der Waals surface area contributed by atoms with E-state index >= 15 is 0 Å². The average Bonchev–Trinajstić information content (AvgIpc) is 3.31. The fourth-order valence-corrected chi connectivity index (χ4v) is 4.56. The summed E-state index contributed by atoms with van der Waals surface area (Å²) in [5.74, 6) is 1.04. The van der Waals surface area contributed by atoms with Crippen LogP contribution in [0, 0.1) is 13.8 Å². The smallest absolute Gasteiger partial charge is 0.249 e. The van der Waals surface area contributed by atoms with Crippen LogP contribution in [0.5, 0.6) is 5.75 Å². The maximum Gasteiger partial charge on any atom is 0.249 e. The number of rotatable bonds is 6. The van der Waals surface area contributed by atoms with Crippen molar-refractivity contribution in [3.63, 3.8) is 0 Å². The predicted octanol–water partition coefficient (Wildman–Crippen LogP) is 7.71. The van der Waals surface area contributed by atoms with Gasteiger partial charge in [-0.25, -0.2) is 4.98 Å². The lowest BCUT2D eigenvalue weighted by atomic mass is 9.95. The minimum Gasteiger partial charge on any atom is -0.493 e. The Bertz CT molecular complexity index is 1630. The number of hydrogen-bond donors (Lipinski definition) is 1. The molecule has 0 atom stereocenters. The zero-order valence-corrected chi connectivity index (χ0v) is 20.9. The molecule has 0 radical (unpaired) electrons. The van der Waals surface area contributed by atoms with Crippen LogP contribution in [0.15, 0.2) is 83.6 Å². The molecule has 1 amide bonds. The molecule has 3 aromatic carbocycles. The summed E-state index contributed by atoms with van der Waals surface area (Å²) < 4.78 is 12.1. The van der Waals surface area contributed by atoms with E-state index in [9.17, 15) is 4.79 Å². The highest BCUT2D eigenvalue weighted by Gasteiger charge is 2.19. The summed E-state index contributed by atoms with van der Waals surface area (Å²) in [7, 11) is 0. The molecule has 0 bridgehead atoms. The highest BCUT2D eigenvalue weighted by Crippen LogP contribution is 2.41. The van der Waals surface area contributed by atoms with Gasteiger partial charge < -0.3 is 14.5 Å². The van der Waals surface area contributed by atoms with E-state index in [1.807, 2.05) is 52.0 Å². The van der Waals surface area contributed by atoms with Gasteiger partial charge in [0.25, 0.3) is 0 Å². The molecule has 36 heavy (non-hydrogen) atoms. The quantitative estimate of drug-likeness (QED) is 0.255. The third-order valence-electron chi connectivity index (χ3n) is 6.42. The number of aryl methyl sites for hydroxylation is 2. The molecule has 5 aromatic rings. The molecule has 0 spiro atoms. The Balaban J connectivity index is 1.60. The number of fused-ring (bicyclic) bond motifs is 2. The third kappa shape index (κ3) is 4.36. The second-order valence-corrected chi connectivity index (χ2v) is 8.88. The largest absolute Gasteiger partial charge is 0.493 e. The van der Waals surface area contributed by atoms with E-state index in [0.29, 0.717) is 12.4 Å². The Morgan fingerprint density at radius 2 is 1.86 bits per heavy atom. The van der Waals surface area contributed by atoms with E-state index in [0.717, 1.165) is 50.1 Å². The number of furan rings is 1. The molecule has 0 aliphatic heterocycles. The van der Waals surface area contributed by atoms with Gasteiger partial charge in [0.2, 0.25) is 5.91 Å². The van der Waals surface area contributed by atoms with Crippen molar-refractivity contribution in [1.82, 2.24) is 4.98 Å². The summed E-state index contributed by atoms with van der Waals surface area (Å²) in [6.07, 6.45) is 5.06. The van der Waals surface area contributed by atoms with Crippen LogP contribution >= 0.6 is 0 Å². The van der Waals surface area contributed by atoms with Gasteiger partial charge in [-0.15, -0.1) is 0 Å². The van der Waals surface area contributed by atoms with Crippen molar-refractivity contribution in [1.29, 1.82) is 0 Å². The number of nitrogens with zero attached hydrogens (tertiary/aromatic N) is 1. The van der Waals surface area contributed by atoms with Crippen LogP contribution in [0.2, 0.25) is 0 Å². The fourth-order valence-electron chi connectivity index (χ4n) is 4.56. The van der Waals surface area contributed by atoms with Gasteiger partial charge in [-0.1, -0.05) is 42.5 Å². The number of aromatic nitrogens is 1. The zero-order valence-electron chi connectivity index (χ0n) is 20.9. The molecule has 0 aliphatic rings. The summed E-state index contributed by atoms with van der Waals surface area (Å²) in [4.78, 5) is 17.1. The van der Waals surface area contributed by atoms with Crippen molar-refractivity contribution in [3.05, 3.63) is 95.9 Å². The lowest BCUT2D eigenvalue weighted by Gasteiger charge is -2.15. The number of anilines is 1. The molecule has 5 nitrogen and oxygen atoms in total. The first-order chi connectivity index (χ1) is 17.5. The SMILES string of the molecule is CCOc1c(/C(C)=C/C(=O)Nc2ncccc2C)cc2c(-c3ccc4ccccc4c3)coc2c1C. The van der Waals surface area contributed by atoms with E-state index in [2.05, 4.69) is 46.7 Å². The van der Waals surface area contributed by atoms with Gasteiger partial charge >= 0.3 is 0 Å². The van der Waals surface area contributed by atoms with Crippen LogP contribution in [0.1, 0.15) is 30.5 Å². The first-order valence-corrected chi connectivity index (χ1v) is 12.0. The molecule has 5 rings (SSSR count). The van der Waals surface area contributed by atoms with Gasteiger partial charge in [0, 0.05) is 34.3 Å². The molecule has 180 valence electrons. The van der Waals surface area contributed by atoms with Gasteiger partial charge in [0.05, 0.1) is 12.9 Å². The Labute approximate surface area is 210 Å². The molecule has 5 heteroatoms. The minimum absolute atomic E-state index is 0.239. The van der Waals surface area contributed by atoms with Gasteiger partial charge in [-0.3, -0.25) is 4.79 Å². The van der Waals surface area contributed by atoms with Gasteiger partial charge in [0.15, 0.2) is 0 Å². The Morgan fingerprint density at radius 3 is 2.64 bits per heavy atom. The lowest BCUT2D eigenvalue weighted by Crippen LogP contribution is -2.11. The standard InChI is InChI=1S/C31H28N2O3/c1-5-35-29-21(4)30-26(27(18-36-30)24-13-12-22-10-6-7-11-23(22)16-24)17-25(29)20(3)15-28(34)33-31-19(2)9-8-14-32-31/h6-18H,5H2,1-4H3,(H,32,33,34)/b20-15+. The first-order valence-electron chi connectivity index (χ1n) is 12.0. The van der Waals surface area contributed by atoms with Gasteiger partial charge in [-0.2, -0.15) is 0 Å². The van der Waals surface area contributed by atoms with Crippen molar-refractivity contribution in [2.45, 2.75) is 27.7 Å². The lowest BCUT2D eigenvalue weighted by molar-refractivity contribution is -0.111. The predicted molar refractivity (Wildman–Crippen MR) is 146 cm³/mol. The number of amides is 1. The van der Waals surface area contributed by atoms with E-state index < -0.39 is 0 Å². The number of ether oxygens (including phenoxy) is 1. The monoisotopic (exact) mass is 476 g/mol. The normalized spacial score (nSPS) is 11.7. The van der Waals surface area contributed by atoms with E-state index in [4.69, 9.17) is 9.15 Å². The van der Waals surface area contributed by atoms with Crippen LogP contribution in [-0.2, 0) is 4.79 Å². The van der Waals surface area contributed by atoms with Crippen molar-refractivity contribution in [2.75, 3.05) is 11.9 Å². The maximum absolute atomic E-state index is 12.8. The van der Waals surface area contributed by atoms with Crippen molar-refractivity contribution in [2.24, 2.45) is 0 Å². The summed E-state index contributed by atoms with van der Waals surface area (Å²) in [6.45, 7) is 8.28. The van der Waals surface area contributed by atoms with Crippen LogP contribution in [0.4, 0.5) is 5.82 Å². The van der Waals surface area contributed by atoms with Crippen LogP contribution in [-0.4, -0.2) is 17.5 Å². The highest BCUT2D eigenvalue weighted by molar-refractivity contribution is 6.06. The summed E-state index contributed by atoms with van der Waals surface area (Å²) in [5.41, 5.74) is 6.33. The number of benzene rings is 3. The van der Waals surface area contributed by atoms with Crippen LogP contribution in [0.3, 0.4) is 0 Å². The third-order valence-corrected chi connectivity index (χ3v) is 6.42. The van der Waals surface area contributed by atoms with Crippen molar-refractivity contribution in [3.8, 4) is 16.9 Å². The molecule has 0 unspecified atom stereocenters. The molecule has 0 fully saturated rings. The van der Waals surface area contributed by atoms with E-state index in [-0.39, 0.29) is 5.91 Å². The molecule has 0 saturated heterocycles. The minimum atomic E-state index is -0.239.